The van der Waals surface area contributed by atoms with E-state index in [0.29, 0.717) is 23.9 Å². The molecule has 90 valence electrons. The molecule has 0 radical (unpaired) electrons. The van der Waals surface area contributed by atoms with Crippen molar-refractivity contribution in [3.63, 3.8) is 0 Å². The molecule has 1 atom stereocenters. The molecule has 1 rings (SSSR count). The van der Waals surface area contributed by atoms with Crippen LogP contribution in [-0.4, -0.2) is 29.3 Å². The first-order chi connectivity index (χ1) is 6.84. The lowest BCUT2D eigenvalue weighted by molar-refractivity contribution is -0.161. The van der Waals surface area contributed by atoms with Gasteiger partial charge in [-0.25, -0.2) is 0 Å². The van der Waals surface area contributed by atoms with Gasteiger partial charge in [-0.3, -0.25) is 4.90 Å². The maximum atomic E-state index is 6.18. The van der Waals surface area contributed by atoms with Crippen LogP contribution in [0.3, 0.4) is 0 Å². The van der Waals surface area contributed by atoms with Crippen molar-refractivity contribution in [2.45, 2.75) is 66.3 Å². The highest BCUT2D eigenvalue weighted by Gasteiger charge is 2.51. The third-order valence-electron chi connectivity index (χ3n) is 3.64. The van der Waals surface area contributed by atoms with Gasteiger partial charge >= 0.3 is 0 Å². The van der Waals surface area contributed by atoms with Crippen LogP contribution in [0.5, 0.6) is 0 Å². The van der Waals surface area contributed by atoms with Crippen LogP contribution < -0.4 is 0 Å². The Kier molecular flexibility index (Phi) is 3.83. The van der Waals surface area contributed by atoms with Crippen LogP contribution in [0.4, 0.5) is 0 Å². The van der Waals surface area contributed by atoms with Crippen molar-refractivity contribution in [2.24, 2.45) is 11.8 Å². The van der Waals surface area contributed by atoms with E-state index in [1.807, 2.05) is 0 Å². The minimum absolute atomic E-state index is 0.0619. The van der Waals surface area contributed by atoms with Crippen molar-refractivity contribution >= 4 is 0 Å². The second-order valence-corrected chi connectivity index (χ2v) is 5.72. The Morgan fingerprint density at radius 3 is 1.80 bits per heavy atom. The van der Waals surface area contributed by atoms with E-state index in [9.17, 15) is 0 Å². The van der Waals surface area contributed by atoms with Crippen molar-refractivity contribution in [1.82, 2.24) is 4.90 Å². The molecule has 0 aromatic rings. The van der Waals surface area contributed by atoms with Crippen molar-refractivity contribution in [2.75, 3.05) is 6.61 Å². The maximum absolute atomic E-state index is 6.18. The predicted octanol–water partition coefficient (Wildman–Crippen LogP) is 3.12. The third kappa shape index (κ3) is 1.94. The molecule has 0 bridgehead atoms. The highest BCUT2D eigenvalue weighted by atomic mass is 16.5. The molecular weight excluding hydrogens is 186 g/mol. The quantitative estimate of drug-likeness (QED) is 0.714. The van der Waals surface area contributed by atoms with E-state index < -0.39 is 0 Å². The Bertz CT molecular complexity index is 203. The molecule has 0 saturated carbocycles. The SMILES string of the molecule is CC(C)N1[C@@H](C)COC1(C(C)C)C(C)C. The largest absolute Gasteiger partial charge is 0.358 e. The lowest BCUT2D eigenvalue weighted by Crippen LogP contribution is -2.57. The summed E-state index contributed by atoms with van der Waals surface area (Å²) in [7, 11) is 0. The van der Waals surface area contributed by atoms with Crippen molar-refractivity contribution in [3.8, 4) is 0 Å². The van der Waals surface area contributed by atoms with Crippen molar-refractivity contribution in [1.29, 1.82) is 0 Å². The molecule has 1 heterocycles. The molecule has 1 saturated heterocycles. The first kappa shape index (κ1) is 13.0. The summed E-state index contributed by atoms with van der Waals surface area (Å²) in [5.74, 6) is 1.06. The van der Waals surface area contributed by atoms with Crippen LogP contribution in [0.1, 0.15) is 48.5 Å². The summed E-state index contributed by atoms with van der Waals surface area (Å²) in [6, 6.07) is 1.09. The molecular formula is C13H27NO. The van der Waals surface area contributed by atoms with Crippen LogP contribution in [-0.2, 0) is 4.74 Å². The van der Waals surface area contributed by atoms with Gasteiger partial charge in [0.25, 0.3) is 0 Å². The number of nitrogens with zero attached hydrogens (tertiary/aromatic N) is 1. The molecule has 0 aromatic carbocycles. The zero-order chi connectivity index (χ0) is 11.8. The van der Waals surface area contributed by atoms with Gasteiger partial charge in [0, 0.05) is 12.1 Å². The summed E-state index contributed by atoms with van der Waals surface area (Å²) in [5.41, 5.74) is -0.0619. The van der Waals surface area contributed by atoms with Gasteiger partial charge in [-0.1, -0.05) is 27.7 Å². The van der Waals surface area contributed by atoms with Gasteiger partial charge in [0.15, 0.2) is 0 Å². The average molecular weight is 213 g/mol. The summed E-state index contributed by atoms with van der Waals surface area (Å²) in [4.78, 5) is 2.56. The fourth-order valence-corrected chi connectivity index (χ4v) is 3.26. The zero-order valence-electron chi connectivity index (χ0n) is 11.4. The molecule has 0 amide bonds. The first-order valence-electron chi connectivity index (χ1n) is 6.26. The second-order valence-electron chi connectivity index (χ2n) is 5.72. The Morgan fingerprint density at radius 1 is 1.07 bits per heavy atom. The van der Waals surface area contributed by atoms with Crippen LogP contribution in [0.15, 0.2) is 0 Å². The highest BCUT2D eigenvalue weighted by Crippen LogP contribution is 2.41. The molecule has 0 unspecified atom stereocenters. The Hall–Kier alpha value is -0.0800. The summed E-state index contributed by atoms with van der Waals surface area (Å²) in [6.07, 6.45) is 0. The van der Waals surface area contributed by atoms with E-state index >= 15 is 0 Å². The summed E-state index contributed by atoms with van der Waals surface area (Å²) in [5, 5.41) is 0. The van der Waals surface area contributed by atoms with Gasteiger partial charge in [-0.2, -0.15) is 0 Å². The van der Waals surface area contributed by atoms with Gasteiger partial charge in [0.2, 0.25) is 0 Å². The van der Waals surface area contributed by atoms with Crippen LogP contribution in [0.25, 0.3) is 0 Å². The standard InChI is InChI=1S/C13H27NO/c1-9(2)13(10(3)4)14(11(5)6)12(7)8-15-13/h9-12H,8H2,1-7H3/t12-/m0/s1. The van der Waals surface area contributed by atoms with Crippen molar-refractivity contribution in [3.05, 3.63) is 0 Å². The number of rotatable bonds is 3. The molecule has 2 nitrogen and oxygen atoms in total. The van der Waals surface area contributed by atoms with Gasteiger partial charge in [-0.15, -0.1) is 0 Å². The lowest BCUT2D eigenvalue weighted by Gasteiger charge is -2.47. The molecule has 1 fully saturated rings. The topological polar surface area (TPSA) is 12.5 Å². The number of hydrogen-bond donors (Lipinski definition) is 0. The second kappa shape index (κ2) is 4.42. The lowest BCUT2D eigenvalue weighted by atomic mass is 9.86. The molecule has 15 heavy (non-hydrogen) atoms. The van der Waals surface area contributed by atoms with Gasteiger partial charge < -0.3 is 4.74 Å². The van der Waals surface area contributed by atoms with E-state index in [2.05, 4.69) is 53.4 Å². The van der Waals surface area contributed by atoms with Crippen LogP contribution in [0, 0.1) is 11.8 Å². The minimum Gasteiger partial charge on any atom is -0.358 e. The van der Waals surface area contributed by atoms with E-state index in [1.165, 1.54) is 0 Å². The van der Waals surface area contributed by atoms with E-state index in [-0.39, 0.29) is 5.72 Å². The Labute approximate surface area is 95.0 Å². The molecule has 1 aliphatic rings. The maximum Gasteiger partial charge on any atom is 0.126 e. The minimum atomic E-state index is -0.0619. The van der Waals surface area contributed by atoms with E-state index in [1.54, 1.807) is 0 Å². The van der Waals surface area contributed by atoms with Crippen LogP contribution >= 0.6 is 0 Å². The first-order valence-corrected chi connectivity index (χ1v) is 6.26. The normalized spacial score (nSPS) is 27.2. The number of ether oxygens (including phenoxy) is 1. The third-order valence-corrected chi connectivity index (χ3v) is 3.64. The molecule has 0 aromatic heterocycles. The summed E-state index contributed by atoms with van der Waals surface area (Å²) in [6.45, 7) is 16.8. The molecule has 0 spiro atoms. The Balaban J connectivity index is 3.06. The van der Waals surface area contributed by atoms with Gasteiger partial charge in [-0.05, 0) is 32.6 Å². The molecule has 2 heteroatoms. The van der Waals surface area contributed by atoms with E-state index in [4.69, 9.17) is 4.74 Å². The fraction of sp³-hybridized carbons (Fsp3) is 1.00. The van der Waals surface area contributed by atoms with Crippen LogP contribution in [0.2, 0.25) is 0 Å². The highest BCUT2D eigenvalue weighted by molar-refractivity contribution is 4.96. The molecule has 0 aliphatic carbocycles. The summed E-state index contributed by atoms with van der Waals surface area (Å²) < 4.78 is 6.18. The zero-order valence-corrected chi connectivity index (χ0v) is 11.4. The average Bonchev–Trinajstić information content (AvgIpc) is 2.43. The summed E-state index contributed by atoms with van der Waals surface area (Å²) >= 11 is 0. The predicted molar refractivity (Wildman–Crippen MR) is 64.8 cm³/mol. The molecule has 1 aliphatic heterocycles. The number of hydrogen-bond acceptors (Lipinski definition) is 2. The monoisotopic (exact) mass is 213 g/mol. The smallest absolute Gasteiger partial charge is 0.126 e. The van der Waals surface area contributed by atoms with Gasteiger partial charge in [0.05, 0.1) is 6.61 Å². The van der Waals surface area contributed by atoms with Gasteiger partial charge in [0.1, 0.15) is 5.72 Å². The van der Waals surface area contributed by atoms with E-state index in [0.717, 1.165) is 6.61 Å². The van der Waals surface area contributed by atoms with Crippen molar-refractivity contribution < 1.29 is 4.74 Å². The fourth-order valence-electron chi connectivity index (χ4n) is 3.26. The molecule has 0 N–H and O–H groups in total. The Morgan fingerprint density at radius 2 is 1.53 bits per heavy atom.